The van der Waals surface area contributed by atoms with Crippen molar-refractivity contribution in [1.82, 2.24) is 9.97 Å². The van der Waals surface area contributed by atoms with Gasteiger partial charge in [-0.3, -0.25) is 4.79 Å². The van der Waals surface area contributed by atoms with E-state index in [0.717, 1.165) is 0 Å². The van der Waals surface area contributed by atoms with Crippen molar-refractivity contribution in [3.63, 3.8) is 0 Å². The molecule has 1 amide bonds. The maximum Gasteiger partial charge on any atom is 0.274 e. The monoisotopic (exact) mass is 348 g/mol. The average molecular weight is 349 g/mol. The van der Waals surface area contributed by atoms with Crippen LogP contribution in [0, 0.1) is 0 Å². The van der Waals surface area contributed by atoms with Gasteiger partial charge in [0.15, 0.2) is 0 Å². The Kier molecular flexibility index (Phi) is 5.97. The maximum atomic E-state index is 12.4. The molecule has 2 aromatic rings. The fourth-order valence-corrected chi connectivity index (χ4v) is 2.11. The highest BCUT2D eigenvalue weighted by molar-refractivity contribution is 6.32. The molecule has 0 aliphatic carbocycles. The van der Waals surface area contributed by atoms with E-state index in [2.05, 4.69) is 27.2 Å². The number of carbonyl (C=O) groups is 1. The average Bonchev–Trinajstić information content (AvgIpc) is 2.61. The number of anilines is 2. The number of amides is 1. The SMILES string of the molecule is C=CCNc1nccc(C(=O)Nc2cc(OC)c(Cl)cc2OC)n1. The van der Waals surface area contributed by atoms with Crippen molar-refractivity contribution < 1.29 is 14.3 Å². The van der Waals surface area contributed by atoms with E-state index in [0.29, 0.717) is 34.7 Å². The van der Waals surface area contributed by atoms with Crippen LogP contribution in [0.2, 0.25) is 5.02 Å². The quantitative estimate of drug-likeness (QED) is 0.748. The lowest BCUT2D eigenvalue weighted by Gasteiger charge is -2.13. The van der Waals surface area contributed by atoms with E-state index >= 15 is 0 Å². The molecule has 0 bridgehead atoms. The molecule has 7 nitrogen and oxygen atoms in total. The van der Waals surface area contributed by atoms with Crippen LogP contribution in [-0.2, 0) is 0 Å². The Morgan fingerprint density at radius 2 is 2.08 bits per heavy atom. The molecule has 0 saturated carbocycles. The molecule has 1 heterocycles. The molecule has 2 rings (SSSR count). The van der Waals surface area contributed by atoms with Crippen molar-refractivity contribution in [3.05, 3.63) is 47.8 Å². The Hall–Kier alpha value is -2.80. The Bertz CT molecular complexity index is 752. The summed E-state index contributed by atoms with van der Waals surface area (Å²) in [6.45, 7) is 4.09. The van der Waals surface area contributed by atoms with Gasteiger partial charge in [-0.1, -0.05) is 17.7 Å². The van der Waals surface area contributed by atoms with Crippen LogP contribution in [0.25, 0.3) is 0 Å². The molecular formula is C16H17ClN4O3. The first kappa shape index (κ1) is 17.6. The molecule has 0 aliphatic heterocycles. The molecular weight excluding hydrogens is 332 g/mol. The number of methoxy groups -OCH3 is 2. The minimum Gasteiger partial charge on any atom is -0.495 e. The molecule has 0 aliphatic rings. The molecule has 0 atom stereocenters. The van der Waals surface area contributed by atoms with Crippen molar-refractivity contribution in [2.45, 2.75) is 0 Å². The van der Waals surface area contributed by atoms with Gasteiger partial charge in [-0.25, -0.2) is 9.97 Å². The van der Waals surface area contributed by atoms with E-state index in [1.165, 1.54) is 26.5 Å². The maximum absolute atomic E-state index is 12.4. The summed E-state index contributed by atoms with van der Waals surface area (Å²) in [6, 6.07) is 4.65. The zero-order valence-corrected chi connectivity index (χ0v) is 14.1. The number of aromatic nitrogens is 2. The van der Waals surface area contributed by atoms with Gasteiger partial charge in [0.2, 0.25) is 5.95 Å². The predicted molar refractivity (Wildman–Crippen MR) is 93.2 cm³/mol. The van der Waals surface area contributed by atoms with E-state index in [9.17, 15) is 4.79 Å². The lowest BCUT2D eigenvalue weighted by molar-refractivity contribution is 0.102. The van der Waals surface area contributed by atoms with Crippen LogP contribution in [0.4, 0.5) is 11.6 Å². The zero-order valence-electron chi connectivity index (χ0n) is 13.3. The molecule has 1 aromatic carbocycles. The molecule has 0 saturated heterocycles. The lowest BCUT2D eigenvalue weighted by Crippen LogP contribution is -2.16. The molecule has 0 radical (unpaired) electrons. The van der Waals surface area contributed by atoms with E-state index in [4.69, 9.17) is 21.1 Å². The van der Waals surface area contributed by atoms with Gasteiger partial charge in [0.1, 0.15) is 17.2 Å². The van der Waals surface area contributed by atoms with E-state index < -0.39 is 5.91 Å². The third kappa shape index (κ3) is 4.14. The number of rotatable bonds is 7. The molecule has 0 spiro atoms. The summed E-state index contributed by atoms with van der Waals surface area (Å²) in [6.07, 6.45) is 3.16. The van der Waals surface area contributed by atoms with Crippen molar-refractivity contribution in [2.24, 2.45) is 0 Å². The number of nitrogens with one attached hydrogen (secondary N) is 2. The fraction of sp³-hybridized carbons (Fsp3) is 0.188. The minimum atomic E-state index is -0.415. The van der Waals surface area contributed by atoms with Crippen LogP contribution < -0.4 is 20.1 Å². The number of halogens is 1. The second-order valence-electron chi connectivity index (χ2n) is 4.58. The van der Waals surface area contributed by atoms with Gasteiger partial charge in [-0.15, -0.1) is 6.58 Å². The van der Waals surface area contributed by atoms with Crippen LogP contribution in [-0.4, -0.2) is 36.6 Å². The minimum absolute atomic E-state index is 0.201. The third-order valence-electron chi connectivity index (χ3n) is 3.01. The van der Waals surface area contributed by atoms with Gasteiger partial charge in [-0.2, -0.15) is 0 Å². The Morgan fingerprint density at radius 1 is 1.33 bits per heavy atom. The zero-order chi connectivity index (χ0) is 17.5. The number of hydrogen-bond acceptors (Lipinski definition) is 6. The van der Waals surface area contributed by atoms with Crippen molar-refractivity contribution in [3.8, 4) is 11.5 Å². The summed E-state index contributed by atoms with van der Waals surface area (Å²) in [4.78, 5) is 20.6. The molecule has 1 aromatic heterocycles. The fourth-order valence-electron chi connectivity index (χ4n) is 1.88. The number of carbonyl (C=O) groups excluding carboxylic acids is 1. The highest BCUT2D eigenvalue weighted by Crippen LogP contribution is 2.36. The summed E-state index contributed by atoms with van der Waals surface area (Å²) in [5, 5.41) is 6.02. The molecule has 2 N–H and O–H groups in total. The second-order valence-corrected chi connectivity index (χ2v) is 4.98. The van der Waals surface area contributed by atoms with Gasteiger partial charge in [0, 0.05) is 24.9 Å². The van der Waals surface area contributed by atoms with Gasteiger partial charge in [0.25, 0.3) is 5.91 Å². The summed E-state index contributed by atoms with van der Waals surface area (Å²) in [5.41, 5.74) is 0.621. The first-order valence-corrected chi connectivity index (χ1v) is 7.37. The first-order chi connectivity index (χ1) is 11.6. The molecule has 0 fully saturated rings. The first-order valence-electron chi connectivity index (χ1n) is 6.99. The van der Waals surface area contributed by atoms with Gasteiger partial charge >= 0.3 is 0 Å². The van der Waals surface area contributed by atoms with Crippen LogP contribution in [0.1, 0.15) is 10.5 Å². The standard InChI is InChI=1S/C16H17ClN4O3/c1-4-6-18-16-19-7-5-11(21-16)15(22)20-12-9-13(23-2)10(17)8-14(12)24-3/h4-5,7-9H,1,6H2,2-3H3,(H,20,22)(H,18,19,21). The highest BCUT2D eigenvalue weighted by atomic mass is 35.5. The van der Waals surface area contributed by atoms with Crippen LogP contribution in [0.15, 0.2) is 37.1 Å². The summed E-state index contributed by atoms with van der Waals surface area (Å²) in [5.74, 6) is 0.752. The van der Waals surface area contributed by atoms with Crippen LogP contribution in [0.3, 0.4) is 0 Å². The number of ether oxygens (including phenoxy) is 2. The molecule has 8 heteroatoms. The normalized spacial score (nSPS) is 9.96. The predicted octanol–water partition coefficient (Wildman–Crippen LogP) is 3.00. The van der Waals surface area contributed by atoms with Crippen molar-refractivity contribution in [2.75, 3.05) is 31.4 Å². The Balaban J connectivity index is 2.24. The van der Waals surface area contributed by atoms with Crippen LogP contribution >= 0.6 is 11.6 Å². The number of hydrogen-bond donors (Lipinski definition) is 2. The van der Waals surface area contributed by atoms with E-state index in [1.54, 1.807) is 18.2 Å². The van der Waals surface area contributed by atoms with Gasteiger partial charge in [0.05, 0.1) is 24.9 Å². The lowest BCUT2D eigenvalue weighted by atomic mass is 10.2. The second kappa shape index (κ2) is 8.16. The number of benzene rings is 1. The van der Waals surface area contributed by atoms with Gasteiger partial charge in [-0.05, 0) is 6.07 Å². The molecule has 24 heavy (non-hydrogen) atoms. The van der Waals surface area contributed by atoms with Crippen LogP contribution in [0.5, 0.6) is 11.5 Å². The summed E-state index contributed by atoms with van der Waals surface area (Å²) < 4.78 is 10.4. The van der Waals surface area contributed by atoms with Crippen molar-refractivity contribution >= 4 is 29.1 Å². The molecule has 126 valence electrons. The summed E-state index contributed by atoms with van der Waals surface area (Å²) >= 11 is 6.05. The van der Waals surface area contributed by atoms with Gasteiger partial charge < -0.3 is 20.1 Å². The Morgan fingerprint density at radius 3 is 2.75 bits per heavy atom. The topological polar surface area (TPSA) is 85.4 Å². The van der Waals surface area contributed by atoms with E-state index in [1.807, 2.05) is 0 Å². The third-order valence-corrected chi connectivity index (χ3v) is 3.31. The Labute approximate surface area is 144 Å². The van der Waals surface area contributed by atoms with Crippen molar-refractivity contribution in [1.29, 1.82) is 0 Å². The highest BCUT2D eigenvalue weighted by Gasteiger charge is 2.15. The molecule has 0 unspecified atom stereocenters. The number of nitrogens with zero attached hydrogens (tertiary/aromatic N) is 2. The van der Waals surface area contributed by atoms with E-state index in [-0.39, 0.29) is 5.69 Å². The summed E-state index contributed by atoms with van der Waals surface area (Å²) in [7, 11) is 2.97. The largest absolute Gasteiger partial charge is 0.495 e. The smallest absolute Gasteiger partial charge is 0.274 e.